The number of alkyl halides is 3. The van der Waals surface area contributed by atoms with Crippen LogP contribution < -0.4 is 0 Å². The Balaban J connectivity index is 1.82. The first kappa shape index (κ1) is 13.8. The van der Waals surface area contributed by atoms with Crippen molar-refractivity contribution in [2.24, 2.45) is 0 Å². The van der Waals surface area contributed by atoms with Crippen LogP contribution in [0.5, 0.6) is 0 Å². The molecule has 0 spiro atoms. The fraction of sp³-hybridized carbons (Fsp3) is 0.0625. The molecule has 2 aromatic carbocycles. The maximum Gasteiger partial charge on any atom is 0.416 e. The van der Waals surface area contributed by atoms with Crippen LogP contribution in [0.25, 0.3) is 22.4 Å². The van der Waals surface area contributed by atoms with Crippen molar-refractivity contribution in [1.29, 1.82) is 0 Å². The summed E-state index contributed by atoms with van der Waals surface area (Å²) in [6.45, 7) is 0. The number of halogens is 3. The molecule has 3 rings (SSSR count). The summed E-state index contributed by atoms with van der Waals surface area (Å²) in [7, 11) is 0. The van der Waals surface area contributed by atoms with Crippen LogP contribution >= 0.6 is 11.3 Å². The Morgan fingerprint density at radius 3 is 2.29 bits per heavy atom. The molecule has 0 saturated heterocycles. The van der Waals surface area contributed by atoms with Gasteiger partial charge in [-0.3, -0.25) is 0 Å². The first-order valence-corrected chi connectivity index (χ1v) is 7.05. The molecule has 0 unspecified atom stereocenters. The molecule has 0 amide bonds. The standard InChI is InChI=1S/C16H10F3NS/c17-16(18,19)12-8-5-11(6-9-12)7-10-15-20-13-3-1-2-4-14(13)21-15/h1-10H/b10-7-. The van der Waals surface area contributed by atoms with E-state index in [1.165, 1.54) is 12.1 Å². The van der Waals surface area contributed by atoms with Crippen LogP contribution in [-0.4, -0.2) is 4.98 Å². The Labute approximate surface area is 123 Å². The van der Waals surface area contributed by atoms with Gasteiger partial charge in [0.05, 0.1) is 15.8 Å². The monoisotopic (exact) mass is 305 g/mol. The highest BCUT2D eigenvalue weighted by Gasteiger charge is 2.29. The number of fused-ring (bicyclic) bond motifs is 1. The number of hydrogen-bond donors (Lipinski definition) is 0. The molecule has 3 aromatic rings. The number of para-hydroxylation sites is 1. The average molecular weight is 305 g/mol. The zero-order valence-corrected chi connectivity index (χ0v) is 11.6. The molecular weight excluding hydrogens is 295 g/mol. The maximum absolute atomic E-state index is 12.5. The average Bonchev–Trinajstić information content (AvgIpc) is 2.87. The fourth-order valence-corrected chi connectivity index (χ4v) is 2.78. The zero-order valence-electron chi connectivity index (χ0n) is 10.8. The minimum Gasteiger partial charge on any atom is -0.237 e. The second kappa shape index (κ2) is 5.33. The van der Waals surface area contributed by atoms with Crippen molar-refractivity contribution in [3.05, 3.63) is 64.7 Å². The van der Waals surface area contributed by atoms with Gasteiger partial charge < -0.3 is 0 Å². The van der Waals surface area contributed by atoms with E-state index in [4.69, 9.17) is 0 Å². The molecule has 0 aliphatic heterocycles. The summed E-state index contributed by atoms with van der Waals surface area (Å²) in [6, 6.07) is 12.9. The predicted molar refractivity (Wildman–Crippen MR) is 80.0 cm³/mol. The molecule has 1 nitrogen and oxygen atoms in total. The van der Waals surface area contributed by atoms with Crippen LogP contribution in [0.15, 0.2) is 48.5 Å². The summed E-state index contributed by atoms with van der Waals surface area (Å²) in [6.07, 6.45) is -0.722. The molecule has 0 aliphatic rings. The summed E-state index contributed by atoms with van der Waals surface area (Å²) in [5.41, 5.74) is 0.997. The molecule has 0 atom stereocenters. The lowest BCUT2D eigenvalue weighted by molar-refractivity contribution is -0.137. The van der Waals surface area contributed by atoms with Gasteiger partial charge in [-0.15, -0.1) is 11.3 Å². The molecule has 0 N–H and O–H groups in total. The van der Waals surface area contributed by atoms with Gasteiger partial charge >= 0.3 is 6.18 Å². The lowest BCUT2D eigenvalue weighted by Crippen LogP contribution is -2.03. The van der Waals surface area contributed by atoms with E-state index in [9.17, 15) is 13.2 Å². The Bertz CT molecular complexity index is 752. The molecule has 0 aliphatic carbocycles. The van der Waals surface area contributed by atoms with Crippen LogP contribution in [0.3, 0.4) is 0 Å². The number of hydrogen-bond acceptors (Lipinski definition) is 2. The van der Waals surface area contributed by atoms with E-state index in [0.717, 1.165) is 27.4 Å². The van der Waals surface area contributed by atoms with Gasteiger partial charge in [-0.1, -0.05) is 30.3 Å². The smallest absolute Gasteiger partial charge is 0.237 e. The van der Waals surface area contributed by atoms with Crippen molar-refractivity contribution in [1.82, 2.24) is 4.98 Å². The van der Waals surface area contributed by atoms with E-state index in [2.05, 4.69) is 4.98 Å². The topological polar surface area (TPSA) is 12.9 Å². The number of benzene rings is 2. The first-order valence-electron chi connectivity index (χ1n) is 6.23. The second-order valence-corrected chi connectivity index (χ2v) is 5.54. The van der Waals surface area contributed by atoms with Gasteiger partial charge in [-0.2, -0.15) is 13.2 Å². The van der Waals surface area contributed by atoms with E-state index in [1.807, 2.05) is 30.3 Å². The largest absolute Gasteiger partial charge is 0.416 e. The summed E-state index contributed by atoms with van der Waals surface area (Å²) in [4.78, 5) is 4.44. The fourth-order valence-electron chi connectivity index (χ4n) is 1.91. The first-order chi connectivity index (χ1) is 10.0. The second-order valence-electron chi connectivity index (χ2n) is 4.47. The Morgan fingerprint density at radius 2 is 1.62 bits per heavy atom. The minimum atomic E-state index is -4.30. The van der Waals surface area contributed by atoms with Crippen LogP contribution in [0.1, 0.15) is 16.1 Å². The van der Waals surface area contributed by atoms with Crippen molar-refractivity contribution < 1.29 is 13.2 Å². The third-order valence-corrected chi connectivity index (χ3v) is 3.97. The molecule has 21 heavy (non-hydrogen) atoms. The quantitative estimate of drug-likeness (QED) is 0.610. The van der Waals surface area contributed by atoms with E-state index in [-0.39, 0.29) is 0 Å². The third kappa shape index (κ3) is 3.13. The molecular formula is C16H10F3NS. The summed E-state index contributed by atoms with van der Waals surface area (Å²) < 4.78 is 38.5. The Morgan fingerprint density at radius 1 is 0.905 bits per heavy atom. The van der Waals surface area contributed by atoms with Crippen LogP contribution in [0, 0.1) is 0 Å². The van der Waals surface area contributed by atoms with Crippen molar-refractivity contribution in [3.8, 4) is 0 Å². The lowest BCUT2D eigenvalue weighted by Gasteiger charge is -2.05. The van der Waals surface area contributed by atoms with Crippen LogP contribution in [0.2, 0.25) is 0 Å². The van der Waals surface area contributed by atoms with Crippen molar-refractivity contribution >= 4 is 33.7 Å². The highest BCUT2D eigenvalue weighted by molar-refractivity contribution is 7.19. The highest BCUT2D eigenvalue weighted by Crippen LogP contribution is 2.29. The van der Waals surface area contributed by atoms with Gasteiger partial charge in [0.2, 0.25) is 0 Å². The highest BCUT2D eigenvalue weighted by atomic mass is 32.1. The lowest BCUT2D eigenvalue weighted by atomic mass is 10.1. The molecule has 0 saturated carbocycles. The maximum atomic E-state index is 12.5. The number of rotatable bonds is 2. The number of thiazole rings is 1. The summed E-state index contributed by atoms with van der Waals surface area (Å²) in [5, 5.41) is 0.830. The Hall–Kier alpha value is -2.14. The van der Waals surface area contributed by atoms with Crippen LogP contribution in [0.4, 0.5) is 13.2 Å². The molecule has 0 fully saturated rings. The molecule has 5 heteroatoms. The third-order valence-electron chi connectivity index (χ3n) is 2.97. The molecule has 0 bridgehead atoms. The van der Waals surface area contributed by atoms with E-state index < -0.39 is 11.7 Å². The van der Waals surface area contributed by atoms with E-state index in [1.54, 1.807) is 17.4 Å². The van der Waals surface area contributed by atoms with Gasteiger partial charge in [0.15, 0.2) is 0 Å². The van der Waals surface area contributed by atoms with Gasteiger partial charge in [0, 0.05) is 0 Å². The number of nitrogens with zero attached hydrogens (tertiary/aromatic N) is 1. The number of aromatic nitrogens is 1. The normalized spacial score (nSPS) is 12.3. The predicted octanol–water partition coefficient (Wildman–Crippen LogP) is 5.49. The van der Waals surface area contributed by atoms with Crippen molar-refractivity contribution in [2.75, 3.05) is 0 Å². The summed E-state index contributed by atoms with van der Waals surface area (Å²) >= 11 is 1.55. The summed E-state index contributed by atoms with van der Waals surface area (Å²) in [5.74, 6) is 0. The van der Waals surface area contributed by atoms with E-state index >= 15 is 0 Å². The molecule has 106 valence electrons. The van der Waals surface area contributed by atoms with Crippen LogP contribution in [-0.2, 0) is 6.18 Å². The SMILES string of the molecule is FC(F)(F)c1ccc(/C=C\c2nc3ccccc3s2)cc1. The van der Waals surface area contributed by atoms with Crippen molar-refractivity contribution in [3.63, 3.8) is 0 Å². The van der Waals surface area contributed by atoms with Gasteiger partial charge in [0.25, 0.3) is 0 Å². The molecule has 1 heterocycles. The zero-order chi connectivity index (χ0) is 14.9. The van der Waals surface area contributed by atoms with Gasteiger partial charge in [-0.25, -0.2) is 4.98 Å². The van der Waals surface area contributed by atoms with Crippen molar-refractivity contribution in [2.45, 2.75) is 6.18 Å². The van der Waals surface area contributed by atoms with Gasteiger partial charge in [0.1, 0.15) is 5.01 Å². The van der Waals surface area contributed by atoms with Gasteiger partial charge in [-0.05, 0) is 35.9 Å². The van der Waals surface area contributed by atoms with E-state index in [0.29, 0.717) is 5.56 Å². The molecule has 0 radical (unpaired) electrons. The minimum absolute atomic E-state index is 0.639. The Kier molecular flexibility index (Phi) is 3.51. The molecule has 1 aromatic heterocycles.